The number of pyridine rings is 1. The van der Waals surface area contributed by atoms with Crippen LogP contribution in [0.4, 0.5) is 24.9 Å². The van der Waals surface area contributed by atoms with E-state index in [0.717, 1.165) is 56.7 Å². The molecule has 3 N–H and O–H groups in total. The maximum Gasteiger partial charge on any atom is 0.419 e. The number of methoxy groups -OCH3 is 1. The van der Waals surface area contributed by atoms with Crippen molar-refractivity contribution in [3.05, 3.63) is 41.3 Å². The summed E-state index contributed by atoms with van der Waals surface area (Å²) in [5.41, 5.74) is 1.32. The quantitative estimate of drug-likeness (QED) is 0.317. The third-order valence-electron chi connectivity index (χ3n) is 6.34. The van der Waals surface area contributed by atoms with E-state index in [4.69, 9.17) is 9.72 Å². The highest BCUT2D eigenvalue weighted by atomic mass is 19.4. The smallest absolute Gasteiger partial charge is 0.419 e. The second kappa shape index (κ2) is 13.5. The lowest BCUT2D eigenvalue weighted by molar-refractivity contribution is -0.139. The number of unbranched alkanes of at least 4 members (excludes halogenated alkanes) is 1. The fourth-order valence-electron chi connectivity index (χ4n) is 4.16. The highest BCUT2D eigenvalue weighted by Crippen LogP contribution is 2.28. The average Bonchev–Trinajstić information content (AvgIpc) is 2.88. The molecule has 0 radical (unpaired) electrons. The number of fused-ring (bicyclic) bond motifs is 1. The van der Waals surface area contributed by atoms with Gasteiger partial charge in [-0.15, -0.1) is 0 Å². The molecule has 0 spiro atoms. The van der Waals surface area contributed by atoms with E-state index in [1.165, 1.54) is 5.56 Å². The van der Waals surface area contributed by atoms with E-state index >= 15 is 0 Å². The number of hydrogen-bond acceptors (Lipinski definition) is 8. The molecule has 0 amide bonds. The van der Waals surface area contributed by atoms with E-state index in [1.807, 2.05) is 6.92 Å². The van der Waals surface area contributed by atoms with Gasteiger partial charge in [0, 0.05) is 44.8 Å². The summed E-state index contributed by atoms with van der Waals surface area (Å²) in [6, 6.07) is 3.18. The molecule has 0 saturated heterocycles. The van der Waals surface area contributed by atoms with Crippen molar-refractivity contribution in [3.8, 4) is 0 Å². The number of aryl methyl sites for hydroxylation is 2. The molecule has 3 heterocycles. The van der Waals surface area contributed by atoms with E-state index in [-0.39, 0.29) is 18.5 Å². The summed E-state index contributed by atoms with van der Waals surface area (Å²) in [5.74, 6) is -0.303. The highest BCUT2D eigenvalue weighted by molar-refractivity contribution is 5.76. The topological polar surface area (TPSA) is 113 Å². The number of aliphatic carboxylic acids is 1. The minimum absolute atomic E-state index is 0.0390. The molecule has 0 aliphatic carbocycles. The molecular weight excluding hydrogens is 489 g/mol. The lowest BCUT2D eigenvalue weighted by atomic mass is 10.1. The van der Waals surface area contributed by atoms with Crippen LogP contribution in [0.3, 0.4) is 0 Å². The summed E-state index contributed by atoms with van der Waals surface area (Å²) < 4.78 is 43.6. The zero-order chi connectivity index (χ0) is 26.8. The molecule has 0 fully saturated rings. The fraction of sp³-hybridized carbons (Fsp3) is 0.600. The van der Waals surface area contributed by atoms with Gasteiger partial charge in [0.2, 0.25) is 5.95 Å². The lowest BCUT2D eigenvalue weighted by Gasteiger charge is -2.26. The van der Waals surface area contributed by atoms with E-state index in [1.54, 1.807) is 7.11 Å². The highest BCUT2D eigenvalue weighted by Gasteiger charge is 2.31. The van der Waals surface area contributed by atoms with E-state index < -0.39 is 23.8 Å². The molecule has 0 unspecified atom stereocenters. The normalized spacial score (nSPS) is 15.1. The molecule has 204 valence electrons. The molecular formula is C25H35F3N6O3. The van der Waals surface area contributed by atoms with E-state index in [9.17, 15) is 23.1 Å². The first-order valence-corrected chi connectivity index (χ1v) is 12.5. The molecule has 1 aliphatic heterocycles. The van der Waals surface area contributed by atoms with Gasteiger partial charge in [-0.25, -0.2) is 19.7 Å². The molecule has 2 aromatic heterocycles. The third kappa shape index (κ3) is 9.12. The Kier molecular flexibility index (Phi) is 10.4. The zero-order valence-corrected chi connectivity index (χ0v) is 21.2. The fourth-order valence-corrected chi connectivity index (χ4v) is 4.16. The van der Waals surface area contributed by atoms with Gasteiger partial charge in [0.25, 0.3) is 0 Å². The number of alkyl halides is 3. The Morgan fingerprint density at radius 2 is 2.00 bits per heavy atom. The summed E-state index contributed by atoms with van der Waals surface area (Å²) in [7, 11) is 1.63. The van der Waals surface area contributed by atoms with Crippen molar-refractivity contribution >= 4 is 17.7 Å². The molecule has 12 heteroatoms. The van der Waals surface area contributed by atoms with Crippen molar-refractivity contribution in [3.63, 3.8) is 0 Å². The Morgan fingerprint density at radius 3 is 2.68 bits per heavy atom. The summed E-state index contributed by atoms with van der Waals surface area (Å²) in [6.07, 6.45) is 1.75. The summed E-state index contributed by atoms with van der Waals surface area (Å²) in [6.45, 7) is 4.73. The lowest BCUT2D eigenvalue weighted by Crippen LogP contribution is -2.38. The minimum atomic E-state index is -4.56. The van der Waals surface area contributed by atoms with Gasteiger partial charge in [0.1, 0.15) is 11.9 Å². The second-order valence-corrected chi connectivity index (χ2v) is 9.26. The van der Waals surface area contributed by atoms with Gasteiger partial charge in [0.15, 0.2) is 0 Å². The van der Waals surface area contributed by atoms with Gasteiger partial charge in [-0.05, 0) is 63.6 Å². The van der Waals surface area contributed by atoms with E-state index in [0.29, 0.717) is 25.5 Å². The first-order chi connectivity index (χ1) is 17.7. The summed E-state index contributed by atoms with van der Waals surface area (Å²) in [5, 5.41) is 15.6. The van der Waals surface area contributed by atoms with Crippen LogP contribution in [0.1, 0.15) is 49.4 Å². The number of rotatable bonds is 14. The van der Waals surface area contributed by atoms with Crippen molar-refractivity contribution < 1.29 is 27.8 Å². The molecule has 9 nitrogen and oxygen atoms in total. The van der Waals surface area contributed by atoms with Crippen LogP contribution in [0.2, 0.25) is 0 Å². The SMILES string of the molecule is CO[C@H](C)CN(CCCCc1ccc2c(n1)NCCC2)CC[C@H](Nc1ncc(C(F)(F)F)cn1)C(=O)O. The number of nitrogens with one attached hydrogen (secondary N) is 2. The number of nitrogens with zero attached hydrogens (tertiary/aromatic N) is 4. The van der Waals surface area contributed by atoms with Crippen molar-refractivity contribution in [1.82, 2.24) is 19.9 Å². The predicted octanol–water partition coefficient (Wildman–Crippen LogP) is 3.86. The van der Waals surface area contributed by atoms with Crippen molar-refractivity contribution in [2.45, 2.75) is 63.8 Å². The van der Waals surface area contributed by atoms with Gasteiger partial charge in [0.05, 0.1) is 11.7 Å². The van der Waals surface area contributed by atoms with Crippen LogP contribution in [0.15, 0.2) is 24.5 Å². The van der Waals surface area contributed by atoms with Crippen LogP contribution in [0, 0.1) is 0 Å². The number of halogens is 3. The number of carboxylic acid groups (broad SMARTS) is 1. The molecule has 3 rings (SSSR count). The molecule has 0 saturated carbocycles. The maximum absolute atomic E-state index is 12.7. The van der Waals surface area contributed by atoms with Crippen molar-refractivity contribution in [2.24, 2.45) is 0 Å². The predicted molar refractivity (Wildman–Crippen MR) is 134 cm³/mol. The van der Waals surface area contributed by atoms with Crippen LogP contribution in [0.5, 0.6) is 0 Å². The number of ether oxygens (including phenoxy) is 1. The number of anilines is 2. The third-order valence-corrected chi connectivity index (χ3v) is 6.34. The van der Waals surface area contributed by atoms with Crippen LogP contribution in [-0.2, 0) is 28.5 Å². The van der Waals surface area contributed by atoms with Crippen LogP contribution < -0.4 is 10.6 Å². The van der Waals surface area contributed by atoms with Crippen LogP contribution >= 0.6 is 0 Å². The number of hydrogen-bond donors (Lipinski definition) is 3. The molecule has 2 atom stereocenters. The maximum atomic E-state index is 12.7. The average molecular weight is 525 g/mol. The molecule has 1 aliphatic rings. The zero-order valence-electron chi connectivity index (χ0n) is 21.2. The Bertz CT molecular complexity index is 1010. The standard InChI is InChI=1S/C25H35F3N6O3/c1-17(37-2)16-34(12-4-3-7-20-9-8-18-6-5-11-29-22(18)32-20)13-10-21(23(35)36)33-24-30-14-19(15-31-24)25(26,27)28/h8-9,14-15,17,21H,3-7,10-13,16H2,1-2H3,(H,29,32)(H,35,36)(H,30,31,33)/t17-,21+/m1/s1. The monoisotopic (exact) mass is 524 g/mol. The molecule has 0 aromatic carbocycles. The summed E-state index contributed by atoms with van der Waals surface area (Å²) >= 11 is 0. The van der Waals surface area contributed by atoms with Gasteiger partial charge in [-0.3, -0.25) is 0 Å². The van der Waals surface area contributed by atoms with Gasteiger partial charge >= 0.3 is 12.1 Å². The van der Waals surface area contributed by atoms with Crippen molar-refractivity contribution in [1.29, 1.82) is 0 Å². The Balaban J connectivity index is 1.51. The summed E-state index contributed by atoms with van der Waals surface area (Å²) in [4.78, 5) is 25.9. The first-order valence-electron chi connectivity index (χ1n) is 12.5. The Morgan fingerprint density at radius 1 is 1.24 bits per heavy atom. The molecule has 2 aromatic rings. The largest absolute Gasteiger partial charge is 0.480 e. The van der Waals surface area contributed by atoms with Gasteiger partial charge < -0.3 is 25.4 Å². The first kappa shape index (κ1) is 28.6. The Labute approximate surface area is 214 Å². The number of carbonyl (C=O) groups is 1. The van der Waals surface area contributed by atoms with Gasteiger partial charge in [-0.2, -0.15) is 13.2 Å². The van der Waals surface area contributed by atoms with Gasteiger partial charge in [-0.1, -0.05) is 6.07 Å². The second-order valence-electron chi connectivity index (χ2n) is 9.26. The molecule has 37 heavy (non-hydrogen) atoms. The number of aromatic nitrogens is 3. The Hall–Kier alpha value is -2.99. The van der Waals surface area contributed by atoms with Crippen molar-refractivity contribution in [2.75, 3.05) is 43.9 Å². The minimum Gasteiger partial charge on any atom is -0.480 e. The van der Waals surface area contributed by atoms with Crippen LogP contribution in [0.25, 0.3) is 0 Å². The molecule has 0 bridgehead atoms. The van der Waals surface area contributed by atoms with Crippen LogP contribution in [-0.4, -0.2) is 76.4 Å². The number of carboxylic acids is 1. The van der Waals surface area contributed by atoms with E-state index in [2.05, 4.69) is 37.6 Å².